The number of nitrogens with two attached hydrogens (primary N) is 2. The average molecular weight is 545 g/mol. The fraction of sp³-hybridized carbons (Fsp3) is 0.500. The van der Waals surface area contributed by atoms with Crippen molar-refractivity contribution < 1.29 is 4.79 Å². The van der Waals surface area contributed by atoms with Gasteiger partial charge in [-0.05, 0) is 71.5 Å². The van der Waals surface area contributed by atoms with Crippen LogP contribution in [0.1, 0.15) is 48.8 Å². The lowest BCUT2D eigenvalue weighted by molar-refractivity contribution is -0.123. The molecular weight excluding hydrogens is 518 g/mol. The Kier molecular flexibility index (Phi) is 5.35. The number of hydrogen-bond acceptors (Lipinski definition) is 7. The highest BCUT2D eigenvalue weighted by Crippen LogP contribution is 2.46. The summed E-state index contributed by atoms with van der Waals surface area (Å²) in [6, 6.07) is 0. The number of Topliss-reactive ketones (excluding diaryl/α,β-unsaturated/α-hetero) is 1. The molecule has 0 amide bonds. The van der Waals surface area contributed by atoms with E-state index in [2.05, 4.69) is 35.8 Å². The summed E-state index contributed by atoms with van der Waals surface area (Å²) in [4.78, 5) is 28.3. The van der Waals surface area contributed by atoms with Gasteiger partial charge in [-0.25, -0.2) is 15.0 Å². The van der Waals surface area contributed by atoms with Crippen LogP contribution in [0.4, 0.5) is 11.5 Å². The third-order valence-corrected chi connectivity index (χ3v) is 9.13. The van der Waals surface area contributed by atoms with Crippen molar-refractivity contribution >= 4 is 56.0 Å². The number of carbonyl (C=O) groups excluding carboxylic acids is 1. The fourth-order valence-electron chi connectivity index (χ4n) is 5.55. The predicted molar refractivity (Wildman–Crippen MR) is 136 cm³/mol. The van der Waals surface area contributed by atoms with Gasteiger partial charge < -0.3 is 20.9 Å². The largest absolute Gasteiger partial charge is 0.382 e. The molecule has 1 atom stereocenters. The highest BCUT2D eigenvalue weighted by atomic mass is 79.9. The van der Waals surface area contributed by atoms with Crippen molar-refractivity contribution in [3.8, 4) is 0 Å². The minimum absolute atomic E-state index is 0.205. The quantitative estimate of drug-likeness (QED) is 0.487. The Labute approximate surface area is 211 Å². The Morgan fingerprint density at radius 2 is 2.03 bits per heavy atom. The molecule has 34 heavy (non-hydrogen) atoms. The summed E-state index contributed by atoms with van der Waals surface area (Å²) in [5, 5.41) is 0.771. The van der Waals surface area contributed by atoms with E-state index >= 15 is 0 Å². The van der Waals surface area contributed by atoms with E-state index < -0.39 is 5.54 Å². The van der Waals surface area contributed by atoms with Crippen molar-refractivity contribution in [2.45, 2.75) is 57.0 Å². The van der Waals surface area contributed by atoms with Crippen molar-refractivity contribution in [2.24, 2.45) is 11.7 Å². The smallest absolute Gasteiger partial charge is 0.165 e. The first-order valence-corrected chi connectivity index (χ1v) is 13.0. The molecule has 10 heteroatoms. The molecule has 1 aromatic carbocycles. The zero-order valence-electron chi connectivity index (χ0n) is 18.9. The number of benzene rings is 1. The second-order valence-electron chi connectivity index (χ2n) is 9.97. The standard InChI is InChI=1S/C24H27BrClN7O/c25-18-16(9-33-12-31-20-22(27)29-11-30-23(20)33)21(15-3-1-2-14(15)19(18)26)32-7-6-24(28,10-32)17(34)8-13-4-5-13/h11-13H,1-10,28H2,(H2,27,29,30)/t24-/m1/s1. The van der Waals surface area contributed by atoms with Crippen LogP contribution in [0.2, 0.25) is 5.02 Å². The van der Waals surface area contributed by atoms with Crippen LogP contribution < -0.4 is 16.4 Å². The number of halogens is 2. The highest BCUT2D eigenvalue weighted by molar-refractivity contribution is 9.10. The van der Waals surface area contributed by atoms with Crippen molar-refractivity contribution in [2.75, 3.05) is 23.7 Å². The molecule has 8 nitrogen and oxygen atoms in total. The maximum atomic E-state index is 13.0. The Balaban J connectivity index is 1.42. The van der Waals surface area contributed by atoms with E-state index in [-0.39, 0.29) is 5.78 Å². The molecule has 178 valence electrons. The van der Waals surface area contributed by atoms with Crippen LogP contribution in [0.25, 0.3) is 11.2 Å². The number of imidazole rings is 1. The van der Waals surface area contributed by atoms with Crippen LogP contribution in [0, 0.1) is 5.92 Å². The van der Waals surface area contributed by atoms with Gasteiger partial charge in [0.05, 0.1) is 23.4 Å². The van der Waals surface area contributed by atoms with Gasteiger partial charge in [0, 0.05) is 35.2 Å². The van der Waals surface area contributed by atoms with Crippen molar-refractivity contribution in [3.63, 3.8) is 0 Å². The Hall–Kier alpha value is -2.23. The Morgan fingerprint density at radius 1 is 1.24 bits per heavy atom. The number of ketones is 1. The lowest BCUT2D eigenvalue weighted by Gasteiger charge is -2.29. The van der Waals surface area contributed by atoms with Crippen molar-refractivity contribution in [3.05, 3.63) is 38.8 Å². The van der Waals surface area contributed by atoms with Crippen LogP contribution in [-0.2, 0) is 24.2 Å². The molecule has 6 rings (SSSR count). The summed E-state index contributed by atoms with van der Waals surface area (Å²) in [6.45, 7) is 1.80. The molecule has 1 aliphatic heterocycles. The van der Waals surface area contributed by atoms with Gasteiger partial charge in [0.15, 0.2) is 17.2 Å². The van der Waals surface area contributed by atoms with Crippen LogP contribution in [-0.4, -0.2) is 43.9 Å². The summed E-state index contributed by atoms with van der Waals surface area (Å²) < 4.78 is 2.85. The molecule has 2 aliphatic carbocycles. The molecule has 0 unspecified atom stereocenters. The third kappa shape index (κ3) is 3.60. The maximum absolute atomic E-state index is 13.0. The first-order valence-electron chi connectivity index (χ1n) is 11.9. The lowest BCUT2D eigenvalue weighted by Crippen LogP contribution is -2.50. The lowest BCUT2D eigenvalue weighted by atomic mass is 9.91. The number of carbonyl (C=O) groups is 1. The van der Waals surface area contributed by atoms with E-state index in [1.165, 1.54) is 17.5 Å². The molecule has 3 aliphatic rings. The number of aromatic nitrogens is 4. The zero-order chi connectivity index (χ0) is 23.6. The molecule has 0 spiro atoms. The molecule has 2 fully saturated rings. The number of nitrogen functional groups attached to an aromatic ring is 1. The van der Waals surface area contributed by atoms with Crippen molar-refractivity contribution in [1.82, 2.24) is 19.5 Å². The number of fused-ring (bicyclic) bond motifs is 2. The highest BCUT2D eigenvalue weighted by Gasteiger charge is 2.44. The minimum Gasteiger partial charge on any atom is -0.382 e. The van der Waals surface area contributed by atoms with Crippen LogP contribution in [0.3, 0.4) is 0 Å². The van der Waals surface area contributed by atoms with Gasteiger partial charge in [0.25, 0.3) is 0 Å². The van der Waals surface area contributed by atoms with Gasteiger partial charge in [0.2, 0.25) is 0 Å². The SMILES string of the molecule is Nc1ncnc2c1ncn2Cc1c(Br)c(Cl)c2c(c1N1CC[C@](N)(C(=O)CC3CC3)C1)CCC2. The van der Waals surface area contributed by atoms with E-state index in [1.807, 2.05) is 4.57 Å². The maximum Gasteiger partial charge on any atom is 0.165 e. The molecule has 1 saturated carbocycles. The van der Waals surface area contributed by atoms with E-state index in [0.717, 1.165) is 59.4 Å². The molecule has 3 heterocycles. The summed E-state index contributed by atoms with van der Waals surface area (Å²) in [5.74, 6) is 1.10. The first-order chi connectivity index (χ1) is 16.4. The summed E-state index contributed by atoms with van der Waals surface area (Å²) in [6.07, 6.45) is 9.78. The topological polar surface area (TPSA) is 116 Å². The average Bonchev–Trinajstić information content (AvgIpc) is 3.19. The zero-order valence-corrected chi connectivity index (χ0v) is 21.2. The molecule has 0 bridgehead atoms. The number of hydrogen-bond donors (Lipinski definition) is 2. The predicted octanol–water partition coefficient (Wildman–Crippen LogP) is 3.64. The number of nitrogens with zero attached hydrogens (tertiary/aromatic N) is 5. The van der Waals surface area contributed by atoms with E-state index in [0.29, 0.717) is 48.8 Å². The van der Waals surface area contributed by atoms with Gasteiger partial charge >= 0.3 is 0 Å². The van der Waals surface area contributed by atoms with Gasteiger partial charge in [-0.3, -0.25) is 4.79 Å². The van der Waals surface area contributed by atoms with Crippen LogP contribution >= 0.6 is 27.5 Å². The van der Waals surface area contributed by atoms with Gasteiger partial charge in [-0.15, -0.1) is 0 Å². The summed E-state index contributed by atoms with van der Waals surface area (Å²) in [7, 11) is 0. The summed E-state index contributed by atoms with van der Waals surface area (Å²) in [5.41, 5.74) is 17.9. The Bertz CT molecular complexity index is 1320. The molecular formula is C24H27BrClN7O. The van der Waals surface area contributed by atoms with E-state index in [9.17, 15) is 4.79 Å². The third-order valence-electron chi connectivity index (χ3n) is 7.61. The molecule has 3 aromatic rings. The summed E-state index contributed by atoms with van der Waals surface area (Å²) >= 11 is 10.7. The normalized spacial score (nSPS) is 22.0. The first kappa shape index (κ1) is 22.2. The minimum atomic E-state index is -0.791. The molecule has 4 N–H and O–H groups in total. The van der Waals surface area contributed by atoms with Gasteiger partial charge in [-0.2, -0.15) is 0 Å². The molecule has 0 radical (unpaired) electrons. The van der Waals surface area contributed by atoms with Gasteiger partial charge in [0.1, 0.15) is 11.8 Å². The van der Waals surface area contributed by atoms with Gasteiger partial charge in [-0.1, -0.05) is 11.6 Å². The van der Waals surface area contributed by atoms with E-state index in [1.54, 1.807) is 6.33 Å². The van der Waals surface area contributed by atoms with Crippen molar-refractivity contribution in [1.29, 1.82) is 0 Å². The molecule has 1 saturated heterocycles. The second-order valence-corrected chi connectivity index (χ2v) is 11.1. The monoisotopic (exact) mass is 543 g/mol. The van der Waals surface area contributed by atoms with Crippen LogP contribution in [0.15, 0.2) is 17.1 Å². The number of rotatable bonds is 6. The van der Waals surface area contributed by atoms with Crippen LogP contribution in [0.5, 0.6) is 0 Å². The number of anilines is 2. The second kappa shape index (κ2) is 8.17. The van der Waals surface area contributed by atoms with E-state index in [4.69, 9.17) is 23.1 Å². The Morgan fingerprint density at radius 3 is 2.82 bits per heavy atom. The fourth-order valence-corrected chi connectivity index (χ4v) is 6.42. The molecule has 2 aromatic heterocycles.